The normalized spacial score (nSPS) is 23.8. The first-order valence-corrected chi connectivity index (χ1v) is 18.8. The quantitative estimate of drug-likeness (QED) is 0.174. The number of hydrogen-bond donors (Lipinski definition) is 0. The van der Waals surface area contributed by atoms with Crippen LogP contribution in [0.25, 0.3) is 33.4 Å². The minimum absolute atomic E-state index is 0.0644. The van der Waals surface area contributed by atoms with Gasteiger partial charge in [-0.2, -0.15) is 0 Å². The Bertz CT molecular complexity index is 2170. The van der Waals surface area contributed by atoms with E-state index in [1.54, 1.807) is 5.56 Å². The summed E-state index contributed by atoms with van der Waals surface area (Å²) in [4.78, 5) is 2.45. The van der Waals surface area contributed by atoms with Crippen molar-refractivity contribution in [1.29, 1.82) is 0 Å². The van der Waals surface area contributed by atoms with Crippen LogP contribution in [-0.4, -0.2) is 0 Å². The van der Waals surface area contributed by atoms with Crippen molar-refractivity contribution < 1.29 is 0 Å². The highest BCUT2D eigenvalue weighted by molar-refractivity contribution is 5.86. The molecule has 246 valence electrons. The van der Waals surface area contributed by atoms with Crippen molar-refractivity contribution in [2.45, 2.75) is 63.2 Å². The van der Waals surface area contributed by atoms with Crippen LogP contribution in [0.2, 0.25) is 0 Å². The van der Waals surface area contributed by atoms with Crippen molar-refractivity contribution in [2.24, 2.45) is 17.8 Å². The van der Waals surface area contributed by atoms with Crippen LogP contribution in [0.5, 0.6) is 0 Å². The number of fused-ring (bicyclic) bond motifs is 3. The van der Waals surface area contributed by atoms with E-state index in [1.807, 2.05) is 0 Å². The summed E-state index contributed by atoms with van der Waals surface area (Å²) in [5, 5.41) is 0. The fourth-order valence-corrected chi connectivity index (χ4v) is 11.0. The molecule has 5 aliphatic rings. The summed E-state index contributed by atoms with van der Waals surface area (Å²) in [5.41, 5.74) is 16.0. The van der Waals surface area contributed by atoms with Gasteiger partial charge in [-0.05, 0) is 148 Å². The molecule has 11 rings (SSSR count). The molecular formula is C49H45N. The largest absolute Gasteiger partial charge is 0.310 e. The SMILES string of the molecule is CC1(C)c2ccccc2-c2ccc(N(c3ccc(-c4ccccc4)cc3)c3cccc(-c4ccc(C56CC7CC(CC(C7)C5)C6)cc4)c3)cc21. The maximum Gasteiger partial charge on any atom is 0.0467 e. The zero-order valence-corrected chi connectivity index (χ0v) is 29.3. The topological polar surface area (TPSA) is 3.24 Å². The molecule has 6 aromatic carbocycles. The van der Waals surface area contributed by atoms with Gasteiger partial charge in [-0.25, -0.2) is 0 Å². The maximum absolute atomic E-state index is 2.48. The minimum Gasteiger partial charge on any atom is -0.310 e. The van der Waals surface area contributed by atoms with E-state index in [-0.39, 0.29) is 5.41 Å². The third kappa shape index (κ3) is 4.81. The van der Waals surface area contributed by atoms with Crippen molar-refractivity contribution in [1.82, 2.24) is 0 Å². The van der Waals surface area contributed by atoms with Gasteiger partial charge in [-0.3, -0.25) is 0 Å². The van der Waals surface area contributed by atoms with E-state index >= 15 is 0 Å². The Hall–Kier alpha value is -4.88. The van der Waals surface area contributed by atoms with Crippen LogP contribution >= 0.6 is 0 Å². The summed E-state index contributed by atoms with van der Waals surface area (Å²) in [6.45, 7) is 4.74. The molecule has 0 aromatic heterocycles. The predicted molar refractivity (Wildman–Crippen MR) is 209 cm³/mol. The Kier molecular flexibility index (Phi) is 6.79. The van der Waals surface area contributed by atoms with Gasteiger partial charge in [0.1, 0.15) is 0 Å². The molecule has 5 aliphatic carbocycles. The Balaban J connectivity index is 1.04. The summed E-state index contributed by atoms with van der Waals surface area (Å²) < 4.78 is 0. The van der Waals surface area contributed by atoms with Gasteiger partial charge in [0, 0.05) is 22.5 Å². The van der Waals surface area contributed by atoms with Gasteiger partial charge in [0.25, 0.3) is 0 Å². The molecule has 0 aliphatic heterocycles. The minimum atomic E-state index is -0.0644. The molecular weight excluding hydrogens is 603 g/mol. The molecule has 4 fully saturated rings. The molecule has 0 amide bonds. The average Bonchev–Trinajstić information content (AvgIpc) is 3.38. The van der Waals surface area contributed by atoms with Crippen LogP contribution in [0.15, 0.2) is 146 Å². The van der Waals surface area contributed by atoms with Crippen LogP contribution in [0.3, 0.4) is 0 Å². The summed E-state index contributed by atoms with van der Waals surface area (Å²) in [5.74, 6) is 2.89. The van der Waals surface area contributed by atoms with Crippen molar-refractivity contribution in [3.63, 3.8) is 0 Å². The lowest BCUT2D eigenvalue weighted by atomic mass is 9.48. The van der Waals surface area contributed by atoms with Gasteiger partial charge in [-0.15, -0.1) is 0 Å². The number of benzene rings is 6. The molecule has 0 unspecified atom stereocenters. The second-order valence-corrected chi connectivity index (χ2v) is 16.5. The molecule has 0 saturated heterocycles. The highest BCUT2D eigenvalue weighted by Crippen LogP contribution is 2.61. The first-order valence-electron chi connectivity index (χ1n) is 18.8. The first kappa shape index (κ1) is 30.0. The Morgan fingerprint density at radius 1 is 0.440 bits per heavy atom. The van der Waals surface area contributed by atoms with Crippen LogP contribution in [0.4, 0.5) is 17.1 Å². The van der Waals surface area contributed by atoms with Crippen molar-refractivity contribution in [3.8, 4) is 33.4 Å². The lowest BCUT2D eigenvalue weighted by Crippen LogP contribution is -2.48. The molecule has 0 N–H and O–H groups in total. The maximum atomic E-state index is 2.48. The smallest absolute Gasteiger partial charge is 0.0467 e. The molecule has 0 heterocycles. The lowest BCUT2D eigenvalue weighted by molar-refractivity contribution is -0.00518. The molecule has 0 atom stereocenters. The van der Waals surface area contributed by atoms with Gasteiger partial charge in [0.15, 0.2) is 0 Å². The van der Waals surface area contributed by atoms with Gasteiger partial charge in [-0.1, -0.05) is 123 Å². The molecule has 6 aromatic rings. The van der Waals surface area contributed by atoms with Gasteiger partial charge in [0.2, 0.25) is 0 Å². The summed E-state index contributed by atoms with van der Waals surface area (Å²) in [6.07, 6.45) is 8.70. The fraction of sp³-hybridized carbons (Fsp3) is 0.265. The third-order valence-corrected chi connectivity index (χ3v) is 13.0. The van der Waals surface area contributed by atoms with E-state index < -0.39 is 0 Å². The van der Waals surface area contributed by atoms with Crippen molar-refractivity contribution in [2.75, 3.05) is 4.90 Å². The van der Waals surface area contributed by atoms with Gasteiger partial charge >= 0.3 is 0 Å². The number of rotatable bonds is 6. The monoisotopic (exact) mass is 647 g/mol. The molecule has 0 spiro atoms. The van der Waals surface area contributed by atoms with Crippen LogP contribution in [0, 0.1) is 17.8 Å². The standard InChI is InChI=1S/C49H45N/c1-48(2)46-14-7-6-13-44(46)45-24-23-43(29-47(45)48)50(41-21-17-37(18-22-41)36-9-4-3-5-10-36)42-12-8-11-39(28-42)38-15-19-40(20-16-38)49-30-33-25-34(31-49)27-35(26-33)32-49/h3-24,28-29,33-35H,25-27,30-32H2,1-2H3. The van der Waals surface area contributed by atoms with E-state index in [0.29, 0.717) is 5.41 Å². The third-order valence-electron chi connectivity index (χ3n) is 13.0. The van der Waals surface area contributed by atoms with Crippen molar-refractivity contribution in [3.05, 3.63) is 162 Å². The Morgan fingerprint density at radius 2 is 0.980 bits per heavy atom. The van der Waals surface area contributed by atoms with E-state index in [4.69, 9.17) is 0 Å². The molecule has 50 heavy (non-hydrogen) atoms. The van der Waals surface area contributed by atoms with Crippen LogP contribution in [-0.2, 0) is 10.8 Å². The second kappa shape index (κ2) is 11.3. The average molecular weight is 648 g/mol. The lowest BCUT2D eigenvalue weighted by Gasteiger charge is -2.57. The van der Waals surface area contributed by atoms with E-state index in [1.165, 1.54) is 94.4 Å². The van der Waals surface area contributed by atoms with E-state index in [0.717, 1.165) is 23.4 Å². The second-order valence-electron chi connectivity index (χ2n) is 16.5. The highest BCUT2D eigenvalue weighted by atomic mass is 15.1. The van der Waals surface area contributed by atoms with Crippen LogP contribution in [0.1, 0.15) is 69.1 Å². The number of nitrogens with zero attached hydrogens (tertiary/aromatic N) is 1. The first-order chi connectivity index (χ1) is 24.4. The van der Waals surface area contributed by atoms with E-state index in [9.17, 15) is 0 Å². The summed E-state index contributed by atoms with van der Waals surface area (Å²) >= 11 is 0. The molecule has 0 radical (unpaired) electrons. The summed E-state index contributed by atoms with van der Waals surface area (Å²) in [6, 6.07) is 54.7. The molecule has 1 nitrogen and oxygen atoms in total. The zero-order chi connectivity index (χ0) is 33.5. The van der Waals surface area contributed by atoms with Crippen LogP contribution < -0.4 is 4.90 Å². The zero-order valence-electron chi connectivity index (χ0n) is 29.3. The summed E-state index contributed by atoms with van der Waals surface area (Å²) in [7, 11) is 0. The molecule has 4 saturated carbocycles. The van der Waals surface area contributed by atoms with Gasteiger partial charge in [0.05, 0.1) is 0 Å². The Morgan fingerprint density at radius 3 is 1.70 bits per heavy atom. The molecule has 4 bridgehead atoms. The fourth-order valence-electron chi connectivity index (χ4n) is 11.0. The number of hydrogen-bond acceptors (Lipinski definition) is 1. The van der Waals surface area contributed by atoms with Gasteiger partial charge < -0.3 is 4.90 Å². The van der Waals surface area contributed by atoms with E-state index in [2.05, 4.69) is 164 Å². The Labute approximate surface area is 297 Å². The molecule has 1 heteroatoms. The van der Waals surface area contributed by atoms with Crippen molar-refractivity contribution >= 4 is 17.1 Å². The predicted octanol–water partition coefficient (Wildman–Crippen LogP) is 13.3. The highest BCUT2D eigenvalue weighted by Gasteiger charge is 2.51. The number of anilines is 3.